The highest BCUT2D eigenvalue weighted by molar-refractivity contribution is 8.18. The van der Waals surface area contributed by atoms with E-state index in [0.29, 0.717) is 10.6 Å². The lowest BCUT2D eigenvalue weighted by Gasteiger charge is -2.34. The number of methoxy groups -OCH3 is 1. The fourth-order valence-electron chi connectivity index (χ4n) is 3.43. The Kier molecular flexibility index (Phi) is 9.18. The molecule has 1 fully saturated rings. The predicted molar refractivity (Wildman–Crippen MR) is 137 cm³/mol. The Bertz CT molecular complexity index is 911. The SMILES string of the molecule is CCCCc1ccc(C2(/C=C/C=C(\Cl)c3ccc(C(=O)OC)cc3)SCCCS2)cc1. The highest BCUT2D eigenvalue weighted by Gasteiger charge is 2.32. The van der Waals surface area contributed by atoms with Crippen LogP contribution in [0.2, 0.25) is 0 Å². The van der Waals surface area contributed by atoms with Crippen molar-refractivity contribution < 1.29 is 9.53 Å². The van der Waals surface area contributed by atoms with Gasteiger partial charge in [-0.05, 0) is 65.7 Å². The summed E-state index contributed by atoms with van der Waals surface area (Å²) in [5.41, 5.74) is 4.14. The fraction of sp³-hybridized carbons (Fsp3) is 0.346. The Hall–Kier alpha value is -1.62. The van der Waals surface area contributed by atoms with E-state index in [1.807, 2.05) is 41.7 Å². The Morgan fingerprint density at radius 3 is 2.32 bits per heavy atom. The van der Waals surface area contributed by atoms with Crippen molar-refractivity contribution in [2.24, 2.45) is 0 Å². The summed E-state index contributed by atoms with van der Waals surface area (Å²) in [7, 11) is 1.38. The number of aryl methyl sites for hydroxylation is 1. The van der Waals surface area contributed by atoms with Gasteiger partial charge in [0.15, 0.2) is 0 Å². The lowest BCUT2D eigenvalue weighted by Crippen LogP contribution is -2.20. The first-order chi connectivity index (χ1) is 15.1. The quantitative estimate of drug-likeness (QED) is 0.290. The molecular formula is C26H29ClO2S2. The van der Waals surface area contributed by atoms with Crippen LogP contribution >= 0.6 is 35.1 Å². The van der Waals surface area contributed by atoms with Gasteiger partial charge in [0, 0.05) is 5.03 Å². The highest BCUT2D eigenvalue weighted by Crippen LogP contribution is 2.51. The molecule has 0 amide bonds. The number of ether oxygens (including phenoxy) is 1. The molecule has 0 radical (unpaired) electrons. The van der Waals surface area contributed by atoms with E-state index in [0.717, 1.165) is 23.5 Å². The first-order valence-corrected chi connectivity index (χ1v) is 13.0. The minimum absolute atomic E-state index is 0.0794. The van der Waals surface area contributed by atoms with Crippen LogP contribution in [0.25, 0.3) is 5.03 Å². The van der Waals surface area contributed by atoms with E-state index in [1.165, 1.54) is 37.5 Å². The van der Waals surface area contributed by atoms with Gasteiger partial charge in [0.2, 0.25) is 0 Å². The molecule has 1 heterocycles. The fourth-order valence-corrected chi connectivity index (χ4v) is 6.78. The lowest BCUT2D eigenvalue weighted by atomic mass is 10.0. The van der Waals surface area contributed by atoms with Gasteiger partial charge >= 0.3 is 5.97 Å². The van der Waals surface area contributed by atoms with E-state index in [-0.39, 0.29) is 10.0 Å². The number of benzene rings is 2. The van der Waals surface area contributed by atoms with Gasteiger partial charge in [0.1, 0.15) is 4.08 Å². The second-order valence-corrected chi connectivity index (χ2v) is 10.8. The average Bonchev–Trinajstić information content (AvgIpc) is 2.83. The Morgan fingerprint density at radius 2 is 1.71 bits per heavy atom. The zero-order chi connectivity index (χ0) is 22.1. The van der Waals surface area contributed by atoms with Crippen LogP contribution in [0.4, 0.5) is 0 Å². The molecule has 164 valence electrons. The molecule has 1 aliphatic heterocycles. The maximum atomic E-state index is 11.6. The number of carbonyl (C=O) groups is 1. The van der Waals surface area contributed by atoms with Crippen molar-refractivity contribution in [2.75, 3.05) is 18.6 Å². The van der Waals surface area contributed by atoms with Crippen LogP contribution in [0.3, 0.4) is 0 Å². The van der Waals surface area contributed by atoms with E-state index in [1.54, 1.807) is 12.1 Å². The van der Waals surface area contributed by atoms with Crippen molar-refractivity contribution in [2.45, 2.75) is 36.7 Å². The van der Waals surface area contributed by atoms with Gasteiger partial charge in [-0.1, -0.05) is 73.5 Å². The number of allylic oxidation sites excluding steroid dienone is 2. The van der Waals surface area contributed by atoms with Gasteiger partial charge in [-0.25, -0.2) is 4.79 Å². The zero-order valence-electron chi connectivity index (χ0n) is 18.1. The highest BCUT2D eigenvalue weighted by atomic mass is 35.5. The van der Waals surface area contributed by atoms with Crippen LogP contribution < -0.4 is 0 Å². The Morgan fingerprint density at radius 1 is 1.06 bits per heavy atom. The van der Waals surface area contributed by atoms with Gasteiger partial charge in [-0.2, -0.15) is 0 Å². The van der Waals surface area contributed by atoms with Crippen LogP contribution in [0.5, 0.6) is 0 Å². The number of hydrogen-bond donors (Lipinski definition) is 0. The summed E-state index contributed by atoms with van der Waals surface area (Å²) >= 11 is 10.5. The van der Waals surface area contributed by atoms with Gasteiger partial charge in [0.05, 0.1) is 12.7 Å². The third-order valence-electron chi connectivity index (χ3n) is 5.24. The summed E-state index contributed by atoms with van der Waals surface area (Å²) < 4.78 is 4.67. The van der Waals surface area contributed by atoms with Crippen molar-refractivity contribution in [3.63, 3.8) is 0 Å². The number of unbranched alkanes of at least 4 members (excludes halogenated alkanes) is 1. The summed E-state index contributed by atoms with van der Waals surface area (Å²) in [6, 6.07) is 16.3. The molecule has 2 nitrogen and oxygen atoms in total. The molecule has 1 aliphatic rings. The maximum Gasteiger partial charge on any atom is 0.337 e. The number of thioether (sulfide) groups is 2. The van der Waals surface area contributed by atoms with Gasteiger partial charge in [-0.15, -0.1) is 23.5 Å². The van der Waals surface area contributed by atoms with E-state index < -0.39 is 0 Å². The largest absolute Gasteiger partial charge is 0.465 e. The van der Waals surface area contributed by atoms with Crippen LogP contribution in [0.1, 0.15) is 53.2 Å². The molecule has 0 aromatic heterocycles. The van der Waals surface area contributed by atoms with Crippen molar-refractivity contribution in [1.82, 2.24) is 0 Å². The summed E-state index contributed by atoms with van der Waals surface area (Å²) in [6.45, 7) is 2.23. The average molecular weight is 473 g/mol. The molecule has 31 heavy (non-hydrogen) atoms. The first-order valence-electron chi connectivity index (χ1n) is 10.7. The van der Waals surface area contributed by atoms with Crippen molar-refractivity contribution in [3.05, 3.63) is 89.0 Å². The third kappa shape index (κ3) is 6.44. The molecule has 0 N–H and O–H groups in total. The molecule has 3 rings (SSSR count). The molecule has 2 aromatic rings. The van der Waals surface area contributed by atoms with Gasteiger partial charge in [0.25, 0.3) is 0 Å². The number of carbonyl (C=O) groups excluding carboxylic acids is 1. The molecule has 5 heteroatoms. The summed E-state index contributed by atoms with van der Waals surface area (Å²) in [5.74, 6) is 1.96. The van der Waals surface area contributed by atoms with Crippen LogP contribution in [0, 0.1) is 0 Å². The molecule has 0 atom stereocenters. The second-order valence-electron chi connectivity index (χ2n) is 7.46. The number of rotatable bonds is 8. The van der Waals surface area contributed by atoms with Crippen LogP contribution in [-0.2, 0) is 15.2 Å². The number of halogens is 1. The second kappa shape index (κ2) is 11.8. The van der Waals surface area contributed by atoms with E-state index in [9.17, 15) is 4.79 Å². The summed E-state index contributed by atoms with van der Waals surface area (Å²) in [6.07, 6.45) is 11.1. The first kappa shape index (κ1) is 24.0. The van der Waals surface area contributed by atoms with Crippen LogP contribution in [-0.4, -0.2) is 24.6 Å². The summed E-state index contributed by atoms with van der Waals surface area (Å²) in [5, 5.41) is 0.642. The lowest BCUT2D eigenvalue weighted by molar-refractivity contribution is 0.0600. The van der Waals surface area contributed by atoms with Crippen molar-refractivity contribution in [1.29, 1.82) is 0 Å². The topological polar surface area (TPSA) is 26.3 Å². The molecule has 2 aromatic carbocycles. The molecule has 0 saturated carbocycles. The van der Waals surface area contributed by atoms with Crippen LogP contribution in [0.15, 0.2) is 66.8 Å². The molecule has 0 unspecified atom stereocenters. The number of esters is 1. The third-order valence-corrected chi connectivity index (χ3v) is 8.88. The molecule has 0 spiro atoms. The van der Waals surface area contributed by atoms with Crippen molar-refractivity contribution in [3.8, 4) is 0 Å². The Balaban J connectivity index is 1.77. The standard InChI is InChI=1S/C26H29ClO2S2/c1-3-4-7-20-9-15-23(16-10-20)26(30-18-6-19-31-26)17-5-8-24(27)21-11-13-22(14-12-21)25(28)29-2/h5,8-17H,3-4,6-7,18-19H2,1-2H3/b17-5+,24-8-. The van der Waals surface area contributed by atoms with Gasteiger partial charge < -0.3 is 4.74 Å². The van der Waals surface area contributed by atoms with E-state index in [4.69, 9.17) is 16.3 Å². The maximum absolute atomic E-state index is 11.6. The normalized spacial score (nSPS) is 16.4. The molecule has 0 bridgehead atoms. The van der Waals surface area contributed by atoms with E-state index in [2.05, 4.69) is 43.3 Å². The number of hydrogen-bond acceptors (Lipinski definition) is 4. The monoisotopic (exact) mass is 472 g/mol. The molecule has 0 aliphatic carbocycles. The minimum Gasteiger partial charge on any atom is -0.465 e. The van der Waals surface area contributed by atoms with Crippen molar-refractivity contribution >= 4 is 46.1 Å². The Labute approximate surface area is 199 Å². The van der Waals surface area contributed by atoms with Gasteiger partial charge in [-0.3, -0.25) is 0 Å². The minimum atomic E-state index is -0.347. The molecule has 1 saturated heterocycles. The smallest absolute Gasteiger partial charge is 0.337 e. The predicted octanol–water partition coefficient (Wildman–Crippen LogP) is 7.67. The zero-order valence-corrected chi connectivity index (χ0v) is 20.5. The summed E-state index contributed by atoms with van der Waals surface area (Å²) in [4.78, 5) is 11.6. The van der Waals surface area contributed by atoms with E-state index >= 15 is 0 Å². The molecular weight excluding hydrogens is 444 g/mol.